The molecule has 1 fully saturated rings. The molecule has 1 heteroatoms. The van der Waals surface area contributed by atoms with Crippen molar-refractivity contribution in [2.75, 3.05) is 0 Å². The van der Waals surface area contributed by atoms with Crippen molar-refractivity contribution in [1.82, 2.24) is 0 Å². The molecule has 2 atom stereocenters. The third-order valence-electron chi connectivity index (χ3n) is 3.76. The van der Waals surface area contributed by atoms with E-state index >= 15 is 0 Å². The Morgan fingerprint density at radius 3 is 2.50 bits per heavy atom. The van der Waals surface area contributed by atoms with Crippen LogP contribution in [0.3, 0.4) is 0 Å². The van der Waals surface area contributed by atoms with Crippen LogP contribution in [-0.4, -0.2) is 11.2 Å². The molecule has 0 radical (unpaired) electrons. The number of aliphatic hydroxyl groups is 1. The summed E-state index contributed by atoms with van der Waals surface area (Å²) in [5, 5.41) is 9.82. The Hall–Kier alpha value is -0.820. The van der Waals surface area contributed by atoms with Crippen LogP contribution in [0.4, 0.5) is 0 Å². The fourth-order valence-electron chi connectivity index (χ4n) is 2.66. The van der Waals surface area contributed by atoms with Gasteiger partial charge in [0.1, 0.15) is 0 Å². The molecule has 1 aliphatic carbocycles. The molecule has 2 rings (SSSR count). The van der Waals surface area contributed by atoms with E-state index in [4.69, 9.17) is 0 Å². The third kappa shape index (κ3) is 2.85. The van der Waals surface area contributed by atoms with E-state index in [1.165, 1.54) is 30.4 Å². The molecule has 1 saturated carbocycles. The minimum atomic E-state index is -0.0849. The van der Waals surface area contributed by atoms with Crippen molar-refractivity contribution in [2.45, 2.75) is 57.5 Å². The van der Waals surface area contributed by atoms with Gasteiger partial charge in [0.05, 0.1) is 6.10 Å². The summed E-state index contributed by atoms with van der Waals surface area (Å²) >= 11 is 0. The molecular weight excluding hydrogens is 196 g/mol. The molecule has 1 nitrogen and oxygen atoms in total. The molecule has 1 N–H and O–H groups in total. The molecule has 88 valence electrons. The first kappa shape index (κ1) is 11.7. The molecule has 2 unspecified atom stereocenters. The van der Waals surface area contributed by atoms with E-state index in [0.717, 1.165) is 19.3 Å². The van der Waals surface area contributed by atoms with E-state index in [0.29, 0.717) is 5.92 Å². The summed E-state index contributed by atoms with van der Waals surface area (Å²) in [5.41, 5.74) is 2.82. The second kappa shape index (κ2) is 5.49. The molecule has 16 heavy (non-hydrogen) atoms. The first-order valence-corrected chi connectivity index (χ1v) is 6.56. The molecule has 0 spiro atoms. The van der Waals surface area contributed by atoms with Gasteiger partial charge in [0.25, 0.3) is 0 Å². The van der Waals surface area contributed by atoms with Crippen LogP contribution < -0.4 is 0 Å². The molecule has 0 saturated heterocycles. The van der Waals surface area contributed by atoms with Crippen LogP contribution in [0.1, 0.15) is 56.1 Å². The second-order valence-electron chi connectivity index (χ2n) is 4.97. The van der Waals surface area contributed by atoms with E-state index in [9.17, 15) is 5.11 Å². The third-order valence-corrected chi connectivity index (χ3v) is 3.76. The number of hydrogen-bond acceptors (Lipinski definition) is 1. The van der Waals surface area contributed by atoms with Crippen molar-refractivity contribution >= 4 is 0 Å². The van der Waals surface area contributed by atoms with Gasteiger partial charge in [0, 0.05) is 0 Å². The maximum Gasteiger partial charge on any atom is 0.0546 e. The molecule has 1 aliphatic rings. The molecule has 0 aliphatic heterocycles. The van der Waals surface area contributed by atoms with Gasteiger partial charge in [0.15, 0.2) is 0 Å². The Morgan fingerprint density at radius 2 is 1.81 bits per heavy atom. The van der Waals surface area contributed by atoms with Gasteiger partial charge in [-0.2, -0.15) is 0 Å². The number of aliphatic hydroxyl groups excluding tert-OH is 1. The summed E-state index contributed by atoms with van der Waals surface area (Å²) in [6, 6.07) is 8.96. The minimum absolute atomic E-state index is 0.0849. The maximum atomic E-state index is 9.82. The molecular formula is C15H22O. The van der Waals surface area contributed by atoms with Crippen LogP contribution in [0.15, 0.2) is 24.3 Å². The monoisotopic (exact) mass is 218 g/mol. The maximum absolute atomic E-state index is 9.82. The van der Waals surface area contributed by atoms with Gasteiger partial charge in [-0.25, -0.2) is 0 Å². The van der Waals surface area contributed by atoms with Gasteiger partial charge in [-0.1, -0.05) is 44.0 Å². The van der Waals surface area contributed by atoms with Crippen molar-refractivity contribution in [3.63, 3.8) is 0 Å². The Balaban J connectivity index is 2.09. The molecule has 0 bridgehead atoms. The summed E-state index contributed by atoms with van der Waals surface area (Å²) in [5.74, 6) is 0.573. The smallest absolute Gasteiger partial charge is 0.0546 e. The largest absolute Gasteiger partial charge is 0.393 e. The van der Waals surface area contributed by atoms with E-state index in [-0.39, 0.29) is 6.10 Å². The van der Waals surface area contributed by atoms with Gasteiger partial charge < -0.3 is 5.11 Å². The summed E-state index contributed by atoms with van der Waals surface area (Å²) < 4.78 is 0. The standard InChI is InChI=1S/C15H22O/c1-2-12-7-9-13(10-8-12)14-5-3-4-6-15(16)11-14/h7-10,14-16H,2-6,11H2,1H3. The highest BCUT2D eigenvalue weighted by Gasteiger charge is 2.19. The highest BCUT2D eigenvalue weighted by Crippen LogP contribution is 2.31. The van der Waals surface area contributed by atoms with E-state index in [2.05, 4.69) is 31.2 Å². The van der Waals surface area contributed by atoms with Crippen LogP contribution in [-0.2, 0) is 6.42 Å². The molecule has 1 aromatic rings. The van der Waals surface area contributed by atoms with E-state index in [1.54, 1.807) is 0 Å². The molecule has 1 aromatic carbocycles. The fourth-order valence-corrected chi connectivity index (χ4v) is 2.66. The van der Waals surface area contributed by atoms with Gasteiger partial charge in [-0.05, 0) is 42.7 Å². The van der Waals surface area contributed by atoms with Crippen LogP contribution >= 0.6 is 0 Å². The number of hydrogen-bond donors (Lipinski definition) is 1. The average molecular weight is 218 g/mol. The van der Waals surface area contributed by atoms with Gasteiger partial charge in [-0.15, -0.1) is 0 Å². The predicted molar refractivity (Wildman–Crippen MR) is 67.7 cm³/mol. The van der Waals surface area contributed by atoms with Gasteiger partial charge in [-0.3, -0.25) is 0 Å². The number of rotatable bonds is 2. The first-order chi connectivity index (χ1) is 7.79. The van der Waals surface area contributed by atoms with E-state index < -0.39 is 0 Å². The fraction of sp³-hybridized carbons (Fsp3) is 0.600. The SMILES string of the molecule is CCc1ccc(C2CCCCC(O)C2)cc1. The molecule has 0 aromatic heterocycles. The number of benzene rings is 1. The van der Waals surface area contributed by atoms with Crippen molar-refractivity contribution in [1.29, 1.82) is 0 Å². The normalized spacial score (nSPS) is 26.4. The first-order valence-electron chi connectivity index (χ1n) is 6.56. The predicted octanol–water partition coefficient (Wildman–Crippen LogP) is 3.66. The van der Waals surface area contributed by atoms with Crippen LogP contribution in [0.25, 0.3) is 0 Å². The summed E-state index contributed by atoms with van der Waals surface area (Å²) in [7, 11) is 0. The lowest BCUT2D eigenvalue weighted by molar-refractivity contribution is 0.152. The minimum Gasteiger partial charge on any atom is -0.393 e. The lowest BCUT2D eigenvalue weighted by atomic mass is 9.90. The number of aryl methyl sites for hydroxylation is 1. The van der Waals surface area contributed by atoms with Crippen LogP contribution in [0.5, 0.6) is 0 Å². The lowest BCUT2D eigenvalue weighted by Gasteiger charge is -2.17. The zero-order valence-electron chi connectivity index (χ0n) is 10.2. The topological polar surface area (TPSA) is 20.2 Å². The highest BCUT2D eigenvalue weighted by atomic mass is 16.3. The lowest BCUT2D eigenvalue weighted by Crippen LogP contribution is -2.09. The Labute approximate surface area is 98.5 Å². The van der Waals surface area contributed by atoms with Crippen molar-refractivity contribution < 1.29 is 5.11 Å². The van der Waals surface area contributed by atoms with Crippen molar-refractivity contribution in [3.05, 3.63) is 35.4 Å². The summed E-state index contributed by atoms with van der Waals surface area (Å²) in [6.45, 7) is 2.18. The molecule has 0 heterocycles. The van der Waals surface area contributed by atoms with Crippen LogP contribution in [0.2, 0.25) is 0 Å². The summed E-state index contributed by atoms with van der Waals surface area (Å²) in [6.07, 6.45) is 6.64. The Morgan fingerprint density at radius 1 is 1.12 bits per heavy atom. The van der Waals surface area contributed by atoms with Gasteiger partial charge in [0.2, 0.25) is 0 Å². The van der Waals surface area contributed by atoms with Crippen molar-refractivity contribution in [3.8, 4) is 0 Å². The van der Waals surface area contributed by atoms with E-state index in [1.807, 2.05) is 0 Å². The average Bonchev–Trinajstić information content (AvgIpc) is 2.54. The van der Waals surface area contributed by atoms with Crippen molar-refractivity contribution in [2.24, 2.45) is 0 Å². The van der Waals surface area contributed by atoms with Crippen LogP contribution in [0, 0.1) is 0 Å². The Kier molecular flexibility index (Phi) is 4.00. The quantitative estimate of drug-likeness (QED) is 0.751. The zero-order chi connectivity index (χ0) is 11.4. The van der Waals surface area contributed by atoms with Gasteiger partial charge >= 0.3 is 0 Å². The highest BCUT2D eigenvalue weighted by molar-refractivity contribution is 5.25. The summed E-state index contributed by atoms with van der Waals surface area (Å²) in [4.78, 5) is 0. The second-order valence-corrected chi connectivity index (χ2v) is 4.97. The molecule has 0 amide bonds. The Bertz CT molecular complexity index is 315. The zero-order valence-corrected chi connectivity index (χ0v) is 10.2.